The van der Waals surface area contributed by atoms with Crippen LogP contribution in [0.15, 0.2) is 36.9 Å². The Kier molecular flexibility index (Phi) is 12.3. The molecule has 1 aromatic carbocycles. The normalized spacial score (nSPS) is 21.0. The number of H-pyrrole nitrogens is 1. The number of aromatic amines is 1. The van der Waals surface area contributed by atoms with Gasteiger partial charge >= 0.3 is 0 Å². The van der Waals surface area contributed by atoms with Crippen molar-refractivity contribution in [3.63, 3.8) is 0 Å². The van der Waals surface area contributed by atoms with E-state index in [0.717, 1.165) is 57.7 Å². The smallest absolute Gasteiger partial charge is 0.123 e. The van der Waals surface area contributed by atoms with Gasteiger partial charge in [-0.2, -0.15) is 5.10 Å². The van der Waals surface area contributed by atoms with E-state index in [1.807, 2.05) is 26.8 Å². The molecule has 32 heavy (non-hydrogen) atoms. The Morgan fingerprint density at radius 2 is 1.91 bits per heavy atom. The molecule has 0 atom stereocenters. The second kappa shape index (κ2) is 14.7. The zero-order valence-electron chi connectivity index (χ0n) is 19.4. The fraction of sp³-hybridized carbons (Fsp3) is 0.542. The van der Waals surface area contributed by atoms with Gasteiger partial charge in [-0.15, -0.1) is 6.58 Å². The molecule has 1 saturated carbocycles. The van der Waals surface area contributed by atoms with Crippen LogP contribution < -0.4 is 4.72 Å². The second-order valence-corrected chi connectivity index (χ2v) is 8.83. The highest BCUT2D eigenvalue weighted by Crippen LogP contribution is 2.39. The number of rotatable bonds is 5. The third-order valence-electron chi connectivity index (χ3n) is 5.28. The number of nitrogens with zero attached hydrogens (tertiary/aromatic N) is 2. The number of allylic oxidation sites excluding steroid dienone is 1. The second-order valence-electron chi connectivity index (χ2n) is 7.52. The average molecular weight is 483 g/mol. The molecule has 0 bridgehead atoms. The summed E-state index contributed by atoms with van der Waals surface area (Å²) in [5.74, 6) is 0.0937. The van der Waals surface area contributed by atoms with Crippen LogP contribution in [-0.4, -0.2) is 46.8 Å². The summed E-state index contributed by atoms with van der Waals surface area (Å²) in [6.45, 7) is 12.8. The first-order valence-electron chi connectivity index (χ1n) is 11.4. The van der Waals surface area contributed by atoms with Crippen LogP contribution in [0.1, 0.15) is 58.1 Å². The molecular formula is C24H36ClFN4OS. The average Bonchev–Trinajstić information content (AvgIpc) is 3.22. The predicted octanol–water partition coefficient (Wildman–Crippen LogP) is 6.60. The highest BCUT2D eigenvalue weighted by atomic mass is 35.5. The Morgan fingerprint density at radius 1 is 1.25 bits per heavy atom. The summed E-state index contributed by atoms with van der Waals surface area (Å²) in [6.07, 6.45) is 6.08. The van der Waals surface area contributed by atoms with Crippen molar-refractivity contribution in [2.24, 2.45) is 0 Å². The molecule has 1 aliphatic heterocycles. The first kappa shape index (κ1) is 26.9. The number of hydrogen-bond donors (Lipinski definition) is 2. The molecule has 0 unspecified atom stereocenters. The van der Waals surface area contributed by atoms with Gasteiger partial charge in [-0.3, -0.25) is 5.10 Å². The van der Waals surface area contributed by atoms with E-state index in [4.69, 9.17) is 16.3 Å². The van der Waals surface area contributed by atoms with Gasteiger partial charge in [-0.1, -0.05) is 43.7 Å². The molecule has 1 aliphatic carbocycles. The summed E-state index contributed by atoms with van der Waals surface area (Å²) in [7, 11) is 0. The van der Waals surface area contributed by atoms with Gasteiger partial charge in [0, 0.05) is 42.7 Å². The Hall–Kier alpha value is -1.38. The zero-order chi connectivity index (χ0) is 23.3. The number of hydrogen-bond acceptors (Lipinski definition) is 5. The van der Waals surface area contributed by atoms with E-state index in [1.54, 1.807) is 24.3 Å². The Bertz CT molecular complexity index is 805. The number of halogens is 2. The summed E-state index contributed by atoms with van der Waals surface area (Å²) < 4.78 is 24.8. The van der Waals surface area contributed by atoms with Crippen molar-refractivity contribution in [3.8, 4) is 11.3 Å². The summed E-state index contributed by atoms with van der Waals surface area (Å²) in [4.78, 5) is 0. The van der Waals surface area contributed by atoms with Gasteiger partial charge in [-0.05, 0) is 44.7 Å². The highest BCUT2D eigenvalue weighted by Gasteiger charge is 2.27. The molecule has 1 saturated heterocycles. The van der Waals surface area contributed by atoms with Crippen molar-refractivity contribution in [1.82, 2.24) is 19.2 Å². The number of aromatic nitrogens is 2. The maximum atomic E-state index is 13.5. The first-order chi connectivity index (χ1) is 15.6. The van der Waals surface area contributed by atoms with Crippen LogP contribution in [0.2, 0.25) is 5.02 Å². The monoisotopic (exact) mass is 482 g/mol. The minimum atomic E-state index is -0.280. The van der Waals surface area contributed by atoms with Crippen molar-refractivity contribution in [2.45, 2.75) is 58.4 Å². The van der Waals surface area contributed by atoms with Crippen LogP contribution in [0.3, 0.4) is 0 Å². The molecule has 4 rings (SSSR count). The third kappa shape index (κ3) is 7.89. The minimum Gasteiger partial charge on any atom is -0.379 e. The maximum Gasteiger partial charge on any atom is 0.123 e. The fourth-order valence-corrected chi connectivity index (χ4v) is 4.94. The lowest BCUT2D eigenvalue weighted by atomic mass is 9.84. The van der Waals surface area contributed by atoms with Gasteiger partial charge in [-0.25, -0.2) is 13.4 Å². The van der Waals surface area contributed by atoms with E-state index >= 15 is 0 Å². The van der Waals surface area contributed by atoms with E-state index < -0.39 is 0 Å². The Labute approximate surface area is 201 Å². The molecule has 0 radical (unpaired) electrons. The van der Waals surface area contributed by atoms with E-state index in [9.17, 15) is 4.39 Å². The molecule has 2 aliphatic rings. The molecule has 0 amide bonds. The summed E-state index contributed by atoms with van der Waals surface area (Å²) in [5, 5.41) is 8.09. The number of benzene rings is 1. The molecule has 8 heteroatoms. The number of nitrogens with one attached hydrogen (secondary N) is 2. The van der Waals surface area contributed by atoms with Gasteiger partial charge in [0.1, 0.15) is 11.5 Å². The van der Waals surface area contributed by atoms with Crippen LogP contribution in [0.25, 0.3) is 11.3 Å². The lowest BCUT2D eigenvalue weighted by Gasteiger charge is -2.31. The number of morpholine rings is 1. The van der Waals surface area contributed by atoms with Crippen molar-refractivity contribution in [1.29, 1.82) is 0 Å². The Morgan fingerprint density at radius 3 is 2.53 bits per heavy atom. The van der Waals surface area contributed by atoms with Gasteiger partial charge in [0.25, 0.3) is 0 Å². The molecule has 2 fully saturated rings. The van der Waals surface area contributed by atoms with Crippen molar-refractivity contribution in [3.05, 3.63) is 53.5 Å². The van der Waals surface area contributed by atoms with Gasteiger partial charge < -0.3 is 4.74 Å². The van der Waals surface area contributed by atoms with Crippen LogP contribution in [0.5, 0.6) is 0 Å². The topological polar surface area (TPSA) is 53.2 Å². The highest BCUT2D eigenvalue weighted by molar-refractivity contribution is 7.95. The quantitative estimate of drug-likeness (QED) is 0.371. The molecule has 2 aromatic rings. The van der Waals surface area contributed by atoms with Crippen LogP contribution >= 0.6 is 23.7 Å². The summed E-state index contributed by atoms with van der Waals surface area (Å²) in [5.41, 5.74) is 2.32. The van der Waals surface area contributed by atoms with E-state index in [-0.39, 0.29) is 5.82 Å². The van der Waals surface area contributed by atoms with Crippen molar-refractivity contribution >= 4 is 23.7 Å². The molecule has 178 valence electrons. The molecule has 2 N–H and O–H groups in total. The van der Waals surface area contributed by atoms with Crippen LogP contribution in [0, 0.1) is 5.82 Å². The van der Waals surface area contributed by atoms with Crippen LogP contribution in [-0.2, 0) is 4.74 Å². The van der Waals surface area contributed by atoms with Crippen molar-refractivity contribution < 1.29 is 9.13 Å². The van der Waals surface area contributed by atoms with Crippen LogP contribution in [0.4, 0.5) is 4.39 Å². The fourth-order valence-electron chi connectivity index (χ4n) is 3.73. The molecule has 2 heterocycles. The maximum absolute atomic E-state index is 13.5. The van der Waals surface area contributed by atoms with Gasteiger partial charge in [0.2, 0.25) is 0 Å². The standard InChI is InChI=1S/C19H24ClFN4OS.C3H6.C2H6/c20-17-18(22-23-19(17)14-2-1-3-15(21)12-14)13-4-6-16(7-5-13)24-27-25-8-10-26-11-9-25;1-3-2;1-2/h1-3,12-13,16,24H,4-11H2,(H,22,23);3H,1H2,2H3;1-2H3. The van der Waals surface area contributed by atoms with Gasteiger partial charge in [0.15, 0.2) is 0 Å². The van der Waals surface area contributed by atoms with E-state index in [1.165, 1.54) is 12.1 Å². The van der Waals surface area contributed by atoms with Gasteiger partial charge in [0.05, 0.1) is 23.9 Å². The summed E-state index contributed by atoms with van der Waals surface area (Å²) >= 11 is 8.32. The van der Waals surface area contributed by atoms with E-state index in [2.05, 4.69) is 25.8 Å². The largest absolute Gasteiger partial charge is 0.379 e. The molecule has 5 nitrogen and oxygen atoms in total. The van der Waals surface area contributed by atoms with E-state index in [0.29, 0.717) is 28.2 Å². The molecular weight excluding hydrogens is 447 g/mol. The Balaban J connectivity index is 0.000000671. The SMILES string of the molecule is C=CC.CC.Fc1cccc(-c2n[nH]c(C3CCC(NSN4CCOCC4)CC3)c2Cl)c1. The lowest BCUT2D eigenvalue weighted by Crippen LogP contribution is -2.37. The molecule has 1 aromatic heterocycles. The van der Waals surface area contributed by atoms with Crippen molar-refractivity contribution in [2.75, 3.05) is 26.3 Å². The number of ether oxygens (including phenoxy) is 1. The first-order valence-corrected chi connectivity index (χ1v) is 12.6. The minimum absolute atomic E-state index is 0.280. The third-order valence-corrected chi connectivity index (χ3v) is 6.73. The zero-order valence-corrected chi connectivity index (χ0v) is 20.9. The molecule has 0 spiro atoms. The lowest BCUT2D eigenvalue weighted by molar-refractivity contribution is 0.0768. The predicted molar refractivity (Wildman–Crippen MR) is 134 cm³/mol. The summed E-state index contributed by atoms with van der Waals surface area (Å²) in [6, 6.07) is 6.92.